The fraction of sp³-hybridized carbons (Fsp3) is 0.500. The zero-order chi connectivity index (χ0) is 13.6. The van der Waals surface area contributed by atoms with Crippen LogP contribution < -0.4 is 5.73 Å². The number of alkyl halides is 2. The molecule has 0 amide bonds. The van der Waals surface area contributed by atoms with Gasteiger partial charge in [0.15, 0.2) is 0 Å². The molecule has 6 heteroatoms. The van der Waals surface area contributed by atoms with Crippen molar-refractivity contribution in [1.29, 1.82) is 0 Å². The van der Waals surface area contributed by atoms with Crippen LogP contribution in [-0.4, -0.2) is 21.2 Å². The highest BCUT2D eigenvalue weighted by molar-refractivity contribution is 5.52. The molecule has 1 fully saturated rings. The molecule has 0 aliphatic heterocycles. The zero-order valence-electron chi connectivity index (χ0n) is 9.66. The fourth-order valence-electron chi connectivity index (χ4n) is 2.42. The summed E-state index contributed by atoms with van der Waals surface area (Å²) in [6.45, 7) is 0. The van der Waals surface area contributed by atoms with Crippen molar-refractivity contribution in [2.75, 3.05) is 0 Å². The van der Waals surface area contributed by atoms with Gasteiger partial charge in [0.2, 0.25) is 5.92 Å². The summed E-state index contributed by atoms with van der Waals surface area (Å²) in [5.74, 6) is -3.80. The van der Waals surface area contributed by atoms with Crippen molar-refractivity contribution in [2.45, 2.75) is 37.1 Å². The van der Waals surface area contributed by atoms with Crippen LogP contribution in [-0.2, 0) is 5.54 Å². The standard InChI is InChI=1S/C12H15F2NO3/c13-12(14)3-1-11(15,2-4-12)10-8(17)5-7(16)6-9(10)18/h5-6,16-18H,1-4,15H2. The van der Waals surface area contributed by atoms with E-state index in [0.29, 0.717) is 0 Å². The van der Waals surface area contributed by atoms with E-state index >= 15 is 0 Å². The third kappa shape index (κ3) is 2.20. The second kappa shape index (κ2) is 3.98. The Hall–Kier alpha value is -1.56. The number of hydrogen-bond donors (Lipinski definition) is 4. The second-order valence-corrected chi connectivity index (χ2v) is 4.87. The van der Waals surface area contributed by atoms with Crippen LogP contribution in [0.2, 0.25) is 0 Å². The second-order valence-electron chi connectivity index (χ2n) is 4.87. The number of hydrogen-bond acceptors (Lipinski definition) is 4. The highest BCUT2D eigenvalue weighted by atomic mass is 19.3. The lowest BCUT2D eigenvalue weighted by molar-refractivity contribution is -0.0519. The molecular weight excluding hydrogens is 244 g/mol. The Labute approximate surface area is 103 Å². The molecule has 0 atom stereocenters. The number of phenolic OH excluding ortho intramolecular Hbond substituents is 3. The van der Waals surface area contributed by atoms with Gasteiger partial charge >= 0.3 is 0 Å². The molecular formula is C12H15F2NO3. The van der Waals surface area contributed by atoms with Crippen molar-refractivity contribution in [3.8, 4) is 17.2 Å². The van der Waals surface area contributed by atoms with E-state index in [0.717, 1.165) is 12.1 Å². The molecule has 1 aromatic rings. The van der Waals surface area contributed by atoms with Crippen molar-refractivity contribution in [2.24, 2.45) is 5.73 Å². The van der Waals surface area contributed by atoms with Gasteiger partial charge in [-0.25, -0.2) is 8.78 Å². The minimum Gasteiger partial charge on any atom is -0.508 e. The van der Waals surface area contributed by atoms with Crippen molar-refractivity contribution in [3.63, 3.8) is 0 Å². The summed E-state index contributed by atoms with van der Waals surface area (Å²) in [7, 11) is 0. The van der Waals surface area contributed by atoms with Gasteiger partial charge in [-0.2, -0.15) is 0 Å². The van der Waals surface area contributed by atoms with Crippen LogP contribution in [0.4, 0.5) is 8.78 Å². The van der Waals surface area contributed by atoms with E-state index in [9.17, 15) is 24.1 Å². The maximum absolute atomic E-state index is 13.1. The fourth-order valence-corrected chi connectivity index (χ4v) is 2.42. The Kier molecular flexibility index (Phi) is 2.85. The quantitative estimate of drug-likeness (QED) is 0.622. The van der Waals surface area contributed by atoms with E-state index in [1.54, 1.807) is 0 Å². The van der Waals surface area contributed by atoms with Crippen molar-refractivity contribution < 1.29 is 24.1 Å². The molecule has 0 saturated heterocycles. The van der Waals surface area contributed by atoms with E-state index in [1.807, 2.05) is 0 Å². The molecule has 0 aromatic heterocycles. The van der Waals surface area contributed by atoms with Gasteiger partial charge < -0.3 is 21.1 Å². The molecule has 1 saturated carbocycles. The first-order chi connectivity index (χ1) is 8.23. The van der Waals surface area contributed by atoms with Gasteiger partial charge in [-0.05, 0) is 12.8 Å². The van der Waals surface area contributed by atoms with Crippen LogP contribution in [0.5, 0.6) is 17.2 Å². The van der Waals surface area contributed by atoms with Crippen LogP contribution in [0.25, 0.3) is 0 Å². The normalized spacial score (nSPS) is 21.7. The highest BCUT2D eigenvalue weighted by Gasteiger charge is 2.44. The lowest BCUT2D eigenvalue weighted by Gasteiger charge is -2.37. The van der Waals surface area contributed by atoms with Crippen LogP contribution in [0.3, 0.4) is 0 Å². The predicted octanol–water partition coefficient (Wildman–Crippen LogP) is 2.17. The number of nitrogens with two attached hydrogens (primary N) is 1. The van der Waals surface area contributed by atoms with Gasteiger partial charge in [0.05, 0.1) is 5.56 Å². The van der Waals surface area contributed by atoms with Gasteiger partial charge in [0.25, 0.3) is 0 Å². The molecule has 0 spiro atoms. The largest absolute Gasteiger partial charge is 0.508 e. The van der Waals surface area contributed by atoms with Crippen molar-refractivity contribution in [1.82, 2.24) is 0 Å². The van der Waals surface area contributed by atoms with Crippen molar-refractivity contribution >= 4 is 0 Å². The number of benzene rings is 1. The van der Waals surface area contributed by atoms with Crippen LogP contribution >= 0.6 is 0 Å². The Morgan fingerprint density at radius 3 is 1.83 bits per heavy atom. The molecule has 0 radical (unpaired) electrons. The average Bonchev–Trinajstić information content (AvgIpc) is 2.22. The first kappa shape index (κ1) is 12.9. The molecule has 0 heterocycles. The first-order valence-electron chi connectivity index (χ1n) is 5.66. The lowest BCUT2D eigenvalue weighted by Crippen LogP contribution is -2.43. The molecule has 100 valence electrons. The summed E-state index contributed by atoms with van der Waals surface area (Å²) in [4.78, 5) is 0. The molecule has 1 aromatic carbocycles. The van der Waals surface area contributed by atoms with E-state index in [-0.39, 0.29) is 48.5 Å². The average molecular weight is 259 g/mol. The summed E-state index contributed by atoms with van der Waals surface area (Å²) < 4.78 is 26.2. The SMILES string of the molecule is NC1(c2c(O)cc(O)cc2O)CCC(F)(F)CC1. The summed E-state index contributed by atoms with van der Waals surface area (Å²) in [5.41, 5.74) is 4.85. The third-order valence-electron chi connectivity index (χ3n) is 3.45. The molecule has 1 aliphatic rings. The van der Waals surface area contributed by atoms with Gasteiger partial charge in [-0.3, -0.25) is 0 Å². The maximum Gasteiger partial charge on any atom is 0.248 e. The Bertz CT molecular complexity index is 443. The van der Waals surface area contributed by atoms with Gasteiger partial charge in [0, 0.05) is 30.5 Å². The Morgan fingerprint density at radius 1 is 0.944 bits per heavy atom. The van der Waals surface area contributed by atoms with Crippen LogP contribution in [0.1, 0.15) is 31.2 Å². The third-order valence-corrected chi connectivity index (χ3v) is 3.45. The molecule has 5 N–H and O–H groups in total. The summed E-state index contributed by atoms with van der Waals surface area (Å²) >= 11 is 0. The zero-order valence-corrected chi connectivity index (χ0v) is 9.66. The number of aromatic hydroxyl groups is 3. The minimum absolute atomic E-state index is 0.0239. The van der Waals surface area contributed by atoms with E-state index < -0.39 is 11.5 Å². The Morgan fingerprint density at radius 2 is 1.39 bits per heavy atom. The van der Waals surface area contributed by atoms with Crippen LogP contribution in [0.15, 0.2) is 12.1 Å². The molecule has 1 aliphatic carbocycles. The highest BCUT2D eigenvalue weighted by Crippen LogP contribution is 2.48. The first-order valence-corrected chi connectivity index (χ1v) is 5.66. The van der Waals surface area contributed by atoms with Crippen LogP contribution in [0, 0.1) is 0 Å². The van der Waals surface area contributed by atoms with E-state index in [4.69, 9.17) is 5.73 Å². The van der Waals surface area contributed by atoms with Gasteiger partial charge in [-0.1, -0.05) is 0 Å². The van der Waals surface area contributed by atoms with E-state index in [1.165, 1.54) is 0 Å². The minimum atomic E-state index is -2.75. The summed E-state index contributed by atoms with van der Waals surface area (Å²) in [6.07, 6.45) is -0.843. The maximum atomic E-state index is 13.1. The molecule has 18 heavy (non-hydrogen) atoms. The molecule has 0 unspecified atom stereocenters. The van der Waals surface area contributed by atoms with Gasteiger partial charge in [0.1, 0.15) is 17.2 Å². The van der Waals surface area contributed by atoms with Gasteiger partial charge in [-0.15, -0.1) is 0 Å². The lowest BCUT2D eigenvalue weighted by atomic mass is 9.75. The molecule has 4 nitrogen and oxygen atoms in total. The topological polar surface area (TPSA) is 86.7 Å². The summed E-state index contributed by atoms with van der Waals surface area (Å²) in [5, 5.41) is 28.7. The smallest absolute Gasteiger partial charge is 0.248 e. The molecule has 0 bridgehead atoms. The predicted molar refractivity (Wildman–Crippen MR) is 60.7 cm³/mol. The Balaban J connectivity index is 2.37. The number of halogens is 2. The van der Waals surface area contributed by atoms with Crippen molar-refractivity contribution in [3.05, 3.63) is 17.7 Å². The summed E-state index contributed by atoms with van der Waals surface area (Å²) in [6, 6.07) is 2.08. The van der Waals surface area contributed by atoms with E-state index in [2.05, 4.69) is 0 Å². The number of rotatable bonds is 1. The monoisotopic (exact) mass is 259 g/mol. The number of phenols is 3. The molecule has 2 rings (SSSR count).